The first-order valence-corrected chi connectivity index (χ1v) is 7.02. The number of amides is 1. The summed E-state index contributed by atoms with van der Waals surface area (Å²) in [7, 11) is 1.83. The first kappa shape index (κ1) is 15.0. The molecule has 2 aromatic rings. The quantitative estimate of drug-likeness (QED) is 0.386. The Morgan fingerprint density at radius 3 is 2.81 bits per heavy atom. The minimum atomic E-state index is -0.596. The molecule has 1 amide bonds. The van der Waals surface area contributed by atoms with Gasteiger partial charge in [-0.15, -0.1) is 11.3 Å². The SMILES string of the molecule is Cn1cc(/C=C/C(=O)c2cccs2)cc1/C=C/C(=O)NO. The van der Waals surface area contributed by atoms with Gasteiger partial charge in [0.15, 0.2) is 5.78 Å². The fourth-order valence-corrected chi connectivity index (χ4v) is 2.38. The zero-order valence-electron chi connectivity index (χ0n) is 11.3. The molecule has 0 aromatic carbocycles. The van der Waals surface area contributed by atoms with Crippen LogP contribution in [0.2, 0.25) is 0 Å². The Morgan fingerprint density at radius 2 is 2.14 bits per heavy atom. The summed E-state index contributed by atoms with van der Waals surface area (Å²) >= 11 is 1.40. The molecule has 0 fully saturated rings. The summed E-state index contributed by atoms with van der Waals surface area (Å²) in [4.78, 5) is 23.5. The molecule has 2 heterocycles. The first-order valence-electron chi connectivity index (χ1n) is 6.14. The molecule has 0 unspecified atom stereocenters. The van der Waals surface area contributed by atoms with Gasteiger partial charge in [0.2, 0.25) is 0 Å². The number of carbonyl (C=O) groups excluding carboxylic acids is 2. The Kier molecular flexibility index (Phi) is 4.86. The highest BCUT2D eigenvalue weighted by Crippen LogP contribution is 2.13. The number of aryl methyl sites for hydroxylation is 1. The second-order valence-corrected chi connectivity index (χ2v) is 5.24. The van der Waals surface area contributed by atoms with E-state index in [-0.39, 0.29) is 5.78 Å². The number of nitrogens with one attached hydrogen (secondary N) is 1. The van der Waals surface area contributed by atoms with E-state index in [0.29, 0.717) is 4.88 Å². The summed E-state index contributed by atoms with van der Waals surface area (Å²) in [5.41, 5.74) is 3.16. The molecule has 108 valence electrons. The van der Waals surface area contributed by atoms with Crippen LogP contribution < -0.4 is 5.48 Å². The third-order valence-corrected chi connectivity index (χ3v) is 3.66. The van der Waals surface area contributed by atoms with E-state index in [1.807, 2.05) is 35.3 Å². The number of hydrogen-bond acceptors (Lipinski definition) is 4. The molecule has 0 aliphatic rings. The Morgan fingerprint density at radius 1 is 1.33 bits per heavy atom. The fourth-order valence-electron chi connectivity index (χ4n) is 1.74. The summed E-state index contributed by atoms with van der Waals surface area (Å²) in [5.74, 6) is -0.633. The number of nitrogens with zero attached hydrogens (tertiary/aromatic N) is 1. The van der Waals surface area contributed by atoms with Crippen molar-refractivity contribution in [1.29, 1.82) is 0 Å². The Bertz CT molecular complexity index is 697. The van der Waals surface area contributed by atoms with Gasteiger partial charge in [0.05, 0.1) is 4.88 Å². The standard InChI is InChI=1S/C15H14N2O3S/c1-17-10-11(9-12(17)5-7-15(19)16-20)4-6-13(18)14-3-2-8-21-14/h2-10,20H,1H3,(H,16,19)/b6-4+,7-5+. The number of hydroxylamine groups is 1. The van der Waals surface area contributed by atoms with Crippen LogP contribution in [0.1, 0.15) is 20.9 Å². The molecular formula is C15H14N2O3S. The minimum Gasteiger partial charge on any atom is -0.350 e. The number of carbonyl (C=O) groups is 2. The van der Waals surface area contributed by atoms with Crippen LogP contribution in [0.4, 0.5) is 0 Å². The molecule has 0 saturated carbocycles. The highest BCUT2D eigenvalue weighted by Gasteiger charge is 2.03. The summed E-state index contributed by atoms with van der Waals surface area (Å²) in [6.07, 6.45) is 7.89. The Balaban J connectivity index is 2.10. The van der Waals surface area contributed by atoms with Crippen molar-refractivity contribution in [3.05, 3.63) is 58.1 Å². The second kappa shape index (κ2) is 6.83. The van der Waals surface area contributed by atoms with Gasteiger partial charge < -0.3 is 4.57 Å². The topological polar surface area (TPSA) is 71.3 Å². The number of aromatic nitrogens is 1. The number of ketones is 1. The lowest BCUT2D eigenvalue weighted by Gasteiger charge is -1.94. The van der Waals surface area contributed by atoms with Crippen molar-refractivity contribution in [2.45, 2.75) is 0 Å². The summed E-state index contributed by atoms with van der Waals surface area (Å²) in [6, 6.07) is 5.45. The van der Waals surface area contributed by atoms with Crippen molar-refractivity contribution in [1.82, 2.24) is 10.0 Å². The molecule has 0 bridgehead atoms. The molecule has 0 aliphatic carbocycles. The van der Waals surface area contributed by atoms with Crippen LogP contribution in [0.3, 0.4) is 0 Å². The Labute approximate surface area is 125 Å². The highest BCUT2D eigenvalue weighted by molar-refractivity contribution is 7.12. The lowest BCUT2D eigenvalue weighted by atomic mass is 10.2. The van der Waals surface area contributed by atoms with Crippen LogP contribution in [0.5, 0.6) is 0 Å². The number of rotatable bonds is 5. The van der Waals surface area contributed by atoms with Gasteiger partial charge in [0, 0.05) is 25.0 Å². The van der Waals surface area contributed by atoms with Gasteiger partial charge in [-0.25, -0.2) is 5.48 Å². The largest absolute Gasteiger partial charge is 0.350 e. The molecule has 0 saturated heterocycles. The molecular weight excluding hydrogens is 288 g/mol. The molecule has 0 atom stereocenters. The minimum absolute atomic E-state index is 0.0365. The van der Waals surface area contributed by atoms with E-state index in [1.54, 1.807) is 18.2 Å². The van der Waals surface area contributed by atoms with Crippen LogP contribution in [0.15, 0.2) is 41.9 Å². The van der Waals surface area contributed by atoms with Crippen molar-refractivity contribution in [3.63, 3.8) is 0 Å². The van der Waals surface area contributed by atoms with Crippen LogP contribution in [0, 0.1) is 0 Å². The highest BCUT2D eigenvalue weighted by atomic mass is 32.1. The summed E-state index contributed by atoms with van der Waals surface area (Å²) in [6.45, 7) is 0. The predicted molar refractivity (Wildman–Crippen MR) is 82.1 cm³/mol. The van der Waals surface area contributed by atoms with Crippen molar-refractivity contribution in [2.75, 3.05) is 0 Å². The van der Waals surface area contributed by atoms with Crippen LogP contribution in [0.25, 0.3) is 12.2 Å². The molecule has 21 heavy (non-hydrogen) atoms. The first-order chi connectivity index (χ1) is 10.1. The van der Waals surface area contributed by atoms with Crippen molar-refractivity contribution >= 4 is 35.2 Å². The van der Waals surface area contributed by atoms with E-state index in [2.05, 4.69) is 0 Å². The molecule has 2 N–H and O–H groups in total. The van der Waals surface area contributed by atoms with E-state index >= 15 is 0 Å². The third kappa shape index (κ3) is 4.01. The van der Waals surface area contributed by atoms with Crippen LogP contribution in [-0.4, -0.2) is 21.5 Å². The van der Waals surface area contributed by atoms with Gasteiger partial charge in [-0.05, 0) is 41.3 Å². The fraction of sp³-hybridized carbons (Fsp3) is 0.0667. The third-order valence-electron chi connectivity index (χ3n) is 2.77. The van der Waals surface area contributed by atoms with E-state index in [1.165, 1.54) is 29.0 Å². The van der Waals surface area contributed by atoms with Crippen molar-refractivity contribution in [2.24, 2.45) is 7.05 Å². The summed E-state index contributed by atoms with van der Waals surface area (Å²) < 4.78 is 1.82. The van der Waals surface area contributed by atoms with Gasteiger partial charge >= 0.3 is 0 Å². The van der Waals surface area contributed by atoms with Crippen molar-refractivity contribution in [3.8, 4) is 0 Å². The normalized spacial score (nSPS) is 11.3. The summed E-state index contributed by atoms with van der Waals surface area (Å²) in [5, 5.41) is 10.3. The van der Waals surface area contributed by atoms with E-state index in [4.69, 9.17) is 5.21 Å². The average Bonchev–Trinajstić information content (AvgIpc) is 3.12. The number of hydrogen-bond donors (Lipinski definition) is 2. The maximum absolute atomic E-state index is 11.8. The number of allylic oxidation sites excluding steroid dienone is 1. The Hall–Kier alpha value is -2.44. The van der Waals surface area contributed by atoms with Gasteiger partial charge in [0.1, 0.15) is 0 Å². The maximum atomic E-state index is 11.8. The zero-order valence-corrected chi connectivity index (χ0v) is 12.1. The lowest BCUT2D eigenvalue weighted by molar-refractivity contribution is -0.124. The smallest absolute Gasteiger partial charge is 0.267 e. The maximum Gasteiger partial charge on any atom is 0.267 e. The van der Waals surface area contributed by atoms with Gasteiger partial charge in [0.25, 0.3) is 5.91 Å². The van der Waals surface area contributed by atoms with Gasteiger partial charge in [-0.3, -0.25) is 14.8 Å². The molecule has 6 heteroatoms. The number of thiophene rings is 1. The molecule has 2 rings (SSSR count). The zero-order chi connectivity index (χ0) is 15.2. The monoisotopic (exact) mass is 302 g/mol. The van der Waals surface area contributed by atoms with E-state index in [0.717, 1.165) is 11.3 Å². The molecule has 0 spiro atoms. The van der Waals surface area contributed by atoms with E-state index in [9.17, 15) is 9.59 Å². The predicted octanol–water partition coefficient (Wildman–Crippen LogP) is 2.50. The molecule has 0 radical (unpaired) electrons. The lowest BCUT2D eigenvalue weighted by Crippen LogP contribution is -2.14. The van der Waals surface area contributed by atoms with Crippen LogP contribution >= 0.6 is 11.3 Å². The average molecular weight is 302 g/mol. The molecule has 0 aliphatic heterocycles. The molecule has 5 nitrogen and oxygen atoms in total. The van der Waals surface area contributed by atoms with Crippen LogP contribution in [-0.2, 0) is 11.8 Å². The molecule has 2 aromatic heterocycles. The van der Waals surface area contributed by atoms with Gasteiger partial charge in [-0.2, -0.15) is 0 Å². The second-order valence-electron chi connectivity index (χ2n) is 4.29. The van der Waals surface area contributed by atoms with E-state index < -0.39 is 5.91 Å². The van der Waals surface area contributed by atoms with Gasteiger partial charge in [-0.1, -0.05) is 6.07 Å². The van der Waals surface area contributed by atoms with Crippen molar-refractivity contribution < 1.29 is 14.8 Å².